The van der Waals surface area contributed by atoms with Crippen molar-refractivity contribution in [2.45, 2.75) is 0 Å². The van der Waals surface area contributed by atoms with Crippen LogP contribution in [0, 0.1) is 10.1 Å². The number of nitro groups is 1. The summed E-state index contributed by atoms with van der Waals surface area (Å²) in [5.74, 6) is -1.28. The number of carbonyl (C=O) groups is 2. The van der Waals surface area contributed by atoms with Gasteiger partial charge in [0.15, 0.2) is 6.61 Å². The molecule has 0 aliphatic rings. The summed E-state index contributed by atoms with van der Waals surface area (Å²) in [7, 11) is 1.64. The van der Waals surface area contributed by atoms with E-state index in [1.54, 1.807) is 7.05 Å². The fourth-order valence-electron chi connectivity index (χ4n) is 1.64. The molecule has 22 heavy (non-hydrogen) atoms. The lowest BCUT2D eigenvalue weighted by Crippen LogP contribution is -2.20. The number of hydrogen-bond donors (Lipinski definition) is 1. The van der Waals surface area contributed by atoms with Crippen LogP contribution in [0.5, 0.6) is 0 Å². The Kier molecular flexibility index (Phi) is 4.47. The van der Waals surface area contributed by atoms with Gasteiger partial charge in [0.05, 0.1) is 16.7 Å². The Hall–Kier alpha value is -3.23. The SMILES string of the molecule is Cn1cc(C(=O)OCC(=O)Nc2cccc([N+](=O)[O-])c2)cn1. The Morgan fingerprint density at radius 2 is 2.23 bits per heavy atom. The maximum Gasteiger partial charge on any atom is 0.341 e. The second-order valence-electron chi connectivity index (χ2n) is 4.33. The molecule has 0 radical (unpaired) electrons. The van der Waals surface area contributed by atoms with E-state index in [4.69, 9.17) is 4.74 Å². The molecule has 114 valence electrons. The molecule has 2 rings (SSSR count). The van der Waals surface area contributed by atoms with E-state index in [0.29, 0.717) is 0 Å². The number of benzene rings is 1. The van der Waals surface area contributed by atoms with E-state index >= 15 is 0 Å². The number of anilines is 1. The Morgan fingerprint density at radius 1 is 1.45 bits per heavy atom. The molecule has 1 aromatic carbocycles. The minimum absolute atomic E-state index is 0.148. The lowest BCUT2D eigenvalue weighted by Gasteiger charge is -2.05. The van der Waals surface area contributed by atoms with E-state index in [-0.39, 0.29) is 16.9 Å². The minimum Gasteiger partial charge on any atom is -0.452 e. The molecular weight excluding hydrogens is 292 g/mol. The summed E-state index contributed by atoms with van der Waals surface area (Å²) in [6.07, 6.45) is 2.78. The summed E-state index contributed by atoms with van der Waals surface area (Å²) in [6.45, 7) is -0.504. The monoisotopic (exact) mass is 304 g/mol. The molecule has 1 aromatic heterocycles. The lowest BCUT2D eigenvalue weighted by atomic mass is 10.3. The average molecular weight is 304 g/mol. The minimum atomic E-state index is -0.678. The van der Waals surface area contributed by atoms with E-state index < -0.39 is 23.4 Å². The molecule has 0 fully saturated rings. The van der Waals surface area contributed by atoms with Gasteiger partial charge in [-0.25, -0.2) is 4.79 Å². The molecule has 0 atom stereocenters. The van der Waals surface area contributed by atoms with Gasteiger partial charge in [-0.15, -0.1) is 0 Å². The number of nitrogens with one attached hydrogen (secondary N) is 1. The molecule has 1 heterocycles. The Labute approximate surface area is 124 Å². The number of ether oxygens (including phenoxy) is 1. The second kappa shape index (κ2) is 6.48. The van der Waals surface area contributed by atoms with E-state index in [1.165, 1.54) is 41.3 Å². The van der Waals surface area contributed by atoms with Crippen LogP contribution in [-0.4, -0.2) is 33.2 Å². The summed E-state index contributed by atoms with van der Waals surface area (Å²) < 4.78 is 6.25. The number of hydrogen-bond acceptors (Lipinski definition) is 6. The fraction of sp³-hybridized carbons (Fsp3) is 0.154. The van der Waals surface area contributed by atoms with Crippen LogP contribution >= 0.6 is 0 Å². The number of nitrogens with zero attached hydrogens (tertiary/aromatic N) is 3. The highest BCUT2D eigenvalue weighted by Crippen LogP contribution is 2.16. The van der Waals surface area contributed by atoms with Gasteiger partial charge >= 0.3 is 5.97 Å². The smallest absolute Gasteiger partial charge is 0.341 e. The molecule has 9 nitrogen and oxygen atoms in total. The highest BCUT2D eigenvalue weighted by atomic mass is 16.6. The van der Waals surface area contributed by atoms with Crippen molar-refractivity contribution in [2.24, 2.45) is 7.05 Å². The Balaban J connectivity index is 1.89. The van der Waals surface area contributed by atoms with Crippen molar-refractivity contribution in [3.63, 3.8) is 0 Å². The van der Waals surface area contributed by atoms with Crippen molar-refractivity contribution in [2.75, 3.05) is 11.9 Å². The molecule has 0 aliphatic heterocycles. The largest absolute Gasteiger partial charge is 0.452 e. The third-order valence-corrected chi connectivity index (χ3v) is 2.62. The quantitative estimate of drug-likeness (QED) is 0.502. The molecule has 0 unspecified atom stereocenters. The molecule has 9 heteroatoms. The highest BCUT2D eigenvalue weighted by molar-refractivity contribution is 5.95. The maximum atomic E-state index is 11.7. The van der Waals surface area contributed by atoms with Crippen molar-refractivity contribution in [3.8, 4) is 0 Å². The number of nitro benzene ring substituents is 1. The highest BCUT2D eigenvalue weighted by Gasteiger charge is 2.13. The standard InChI is InChI=1S/C13H12N4O5/c1-16-7-9(6-14-16)13(19)22-8-12(18)15-10-3-2-4-11(5-10)17(20)21/h2-7H,8H2,1H3,(H,15,18). The fourth-order valence-corrected chi connectivity index (χ4v) is 1.64. The first-order chi connectivity index (χ1) is 10.5. The normalized spacial score (nSPS) is 10.0. The van der Waals surface area contributed by atoms with Gasteiger partial charge in [0, 0.05) is 31.1 Å². The number of rotatable bonds is 5. The number of non-ortho nitro benzene ring substituents is 1. The van der Waals surface area contributed by atoms with E-state index in [9.17, 15) is 19.7 Å². The Bertz CT molecular complexity index is 725. The van der Waals surface area contributed by atoms with Crippen molar-refractivity contribution >= 4 is 23.3 Å². The van der Waals surface area contributed by atoms with Crippen molar-refractivity contribution in [1.82, 2.24) is 9.78 Å². The molecule has 0 saturated carbocycles. The summed E-state index contributed by atoms with van der Waals surface area (Å²) >= 11 is 0. The van der Waals surface area contributed by atoms with Gasteiger partial charge in [-0.1, -0.05) is 6.07 Å². The molecule has 1 amide bonds. The first-order valence-corrected chi connectivity index (χ1v) is 6.16. The summed E-state index contributed by atoms with van der Waals surface area (Å²) in [6, 6.07) is 5.45. The second-order valence-corrected chi connectivity index (χ2v) is 4.33. The van der Waals surface area contributed by atoms with E-state index in [1.807, 2.05) is 0 Å². The summed E-state index contributed by atoms with van der Waals surface area (Å²) in [5.41, 5.74) is 0.326. The zero-order valence-corrected chi connectivity index (χ0v) is 11.6. The molecular formula is C13H12N4O5. The van der Waals surface area contributed by atoms with Crippen LogP contribution in [0.2, 0.25) is 0 Å². The van der Waals surface area contributed by atoms with Crippen LogP contribution in [0.25, 0.3) is 0 Å². The van der Waals surface area contributed by atoms with Crippen LogP contribution < -0.4 is 5.32 Å². The average Bonchev–Trinajstić information content (AvgIpc) is 2.91. The van der Waals surface area contributed by atoms with E-state index in [0.717, 1.165) is 0 Å². The van der Waals surface area contributed by atoms with Crippen molar-refractivity contribution in [1.29, 1.82) is 0 Å². The van der Waals surface area contributed by atoms with Crippen molar-refractivity contribution < 1.29 is 19.2 Å². The van der Waals surface area contributed by atoms with E-state index in [2.05, 4.69) is 10.4 Å². The van der Waals surface area contributed by atoms with Gasteiger partial charge in [-0.3, -0.25) is 19.6 Å². The number of esters is 1. The third kappa shape index (κ3) is 3.88. The number of aryl methyl sites for hydroxylation is 1. The molecule has 2 aromatic rings. The van der Waals surface area contributed by atoms with Gasteiger partial charge in [0.25, 0.3) is 11.6 Å². The predicted molar refractivity (Wildman–Crippen MR) is 75.2 cm³/mol. The number of aromatic nitrogens is 2. The van der Waals surface area contributed by atoms with Crippen LogP contribution in [0.15, 0.2) is 36.7 Å². The van der Waals surface area contributed by atoms with Crippen LogP contribution in [0.1, 0.15) is 10.4 Å². The number of carbonyl (C=O) groups excluding carboxylic acids is 2. The van der Waals surface area contributed by atoms with Crippen LogP contribution in [-0.2, 0) is 16.6 Å². The maximum absolute atomic E-state index is 11.7. The van der Waals surface area contributed by atoms with Gasteiger partial charge in [0.2, 0.25) is 0 Å². The molecule has 1 N–H and O–H groups in total. The van der Waals surface area contributed by atoms with Gasteiger partial charge in [0.1, 0.15) is 0 Å². The predicted octanol–water partition coefficient (Wildman–Crippen LogP) is 1.12. The Morgan fingerprint density at radius 3 is 2.86 bits per heavy atom. The zero-order chi connectivity index (χ0) is 16.1. The van der Waals surface area contributed by atoms with Crippen molar-refractivity contribution in [3.05, 3.63) is 52.3 Å². The third-order valence-electron chi connectivity index (χ3n) is 2.62. The number of amides is 1. The van der Waals surface area contributed by atoms with Gasteiger partial charge in [-0.2, -0.15) is 5.10 Å². The first-order valence-electron chi connectivity index (χ1n) is 6.16. The zero-order valence-electron chi connectivity index (χ0n) is 11.6. The molecule has 0 saturated heterocycles. The lowest BCUT2D eigenvalue weighted by molar-refractivity contribution is -0.384. The topological polar surface area (TPSA) is 116 Å². The molecule has 0 aliphatic carbocycles. The first kappa shape index (κ1) is 15.2. The summed E-state index contributed by atoms with van der Waals surface area (Å²) in [4.78, 5) is 33.3. The van der Waals surface area contributed by atoms with Gasteiger partial charge in [-0.05, 0) is 6.07 Å². The molecule has 0 bridgehead atoms. The summed E-state index contributed by atoms with van der Waals surface area (Å²) in [5, 5.41) is 16.8. The molecule has 0 spiro atoms. The van der Waals surface area contributed by atoms with Crippen LogP contribution in [0.3, 0.4) is 0 Å². The van der Waals surface area contributed by atoms with Crippen LogP contribution in [0.4, 0.5) is 11.4 Å². The van der Waals surface area contributed by atoms with Gasteiger partial charge < -0.3 is 10.1 Å².